The molecule has 2 amide bonds. The number of ether oxygens (including phenoxy) is 1. The summed E-state index contributed by atoms with van der Waals surface area (Å²) >= 11 is 12.2. The zero-order valence-electron chi connectivity index (χ0n) is 20.2. The van der Waals surface area contributed by atoms with E-state index in [1.807, 2.05) is 52.0 Å². The summed E-state index contributed by atoms with van der Waals surface area (Å²) in [5.74, 6) is 0.521. The van der Waals surface area contributed by atoms with Gasteiger partial charge in [-0.1, -0.05) is 62.2 Å². The normalized spacial score (nSPS) is 12.4. The second-order valence-electron chi connectivity index (χ2n) is 9.45. The van der Waals surface area contributed by atoms with Crippen LogP contribution in [0.5, 0.6) is 5.75 Å². The predicted molar refractivity (Wildman–Crippen MR) is 135 cm³/mol. The van der Waals surface area contributed by atoms with Gasteiger partial charge in [0.15, 0.2) is 6.61 Å². The summed E-state index contributed by atoms with van der Waals surface area (Å²) in [5, 5.41) is 3.81. The number of nitrogens with one attached hydrogen (secondary N) is 1. The summed E-state index contributed by atoms with van der Waals surface area (Å²) in [5.41, 5.74) is 1.55. The van der Waals surface area contributed by atoms with Crippen LogP contribution in [0.3, 0.4) is 0 Å². The van der Waals surface area contributed by atoms with Crippen molar-refractivity contribution in [2.75, 3.05) is 6.61 Å². The van der Waals surface area contributed by atoms with Crippen LogP contribution in [0.2, 0.25) is 10.0 Å². The van der Waals surface area contributed by atoms with E-state index in [0.717, 1.165) is 5.56 Å². The van der Waals surface area contributed by atoms with Crippen LogP contribution >= 0.6 is 23.2 Å². The molecule has 0 spiro atoms. The van der Waals surface area contributed by atoms with Crippen molar-refractivity contribution < 1.29 is 14.3 Å². The Bertz CT molecular complexity index is 953. The molecule has 33 heavy (non-hydrogen) atoms. The third-order valence-corrected chi connectivity index (χ3v) is 5.87. The van der Waals surface area contributed by atoms with E-state index >= 15 is 0 Å². The van der Waals surface area contributed by atoms with Gasteiger partial charge in [0, 0.05) is 12.1 Å². The van der Waals surface area contributed by atoms with E-state index in [2.05, 4.69) is 19.2 Å². The zero-order chi connectivity index (χ0) is 24.8. The number of rotatable bonds is 9. The number of halogens is 2. The lowest BCUT2D eigenvalue weighted by Gasteiger charge is -2.33. The van der Waals surface area contributed by atoms with Gasteiger partial charge in [-0.05, 0) is 68.5 Å². The average Bonchev–Trinajstić information content (AvgIpc) is 2.73. The topological polar surface area (TPSA) is 58.6 Å². The molecule has 0 heterocycles. The molecule has 7 heteroatoms. The quantitative estimate of drug-likeness (QED) is 0.451. The van der Waals surface area contributed by atoms with Gasteiger partial charge in [0.2, 0.25) is 5.91 Å². The number of carbonyl (C=O) groups is 2. The molecule has 0 aliphatic heterocycles. The van der Waals surface area contributed by atoms with Crippen LogP contribution in [-0.2, 0) is 16.1 Å². The molecule has 5 nitrogen and oxygen atoms in total. The minimum atomic E-state index is -0.655. The van der Waals surface area contributed by atoms with Gasteiger partial charge in [-0.2, -0.15) is 0 Å². The smallest absolute Gasteiger partial charge is 0.261 e. The summed E-state index contributed by atoms with van der Waals surface area (Å²) in [4.78, 5) is 27.9. The maximum atomic E-state index is 13.3. The summed E-state index contributed by atoms with van der Waals surface area (Å²) in [7, 11) is 0. The van der Waals surface area contributed by atoms with Gasteiger partial charge in [-0.3, -0.25) is 9.59 Å². The van der Waals surface area contributed by atoms with Gasteiger partial charge in [0.25, 0.3) is 5.91 Å². The molecule has 1 N–H and O–H groups in total. The molecule has 2 aromatic carbocycles. The molecule has 2 aromatic rings. The minimum Gasteiger partial charge on any atom is -0.484 e. The van der Waals surface area contributed by atoms with Crippen molar-refractivity contribution in [3.63, 3.8) is 0 Å². The van der Waals surface area contributed by atoms with E-state index in [9.17, 15) is 9.59 Å². The SMILES string of the molecule is CCC(C(=O)NC(C)(C)C)N(Cc1ccc(Cl)c(Cl)c1)C(=O)COc1ccc(C(C)C)cc1. The molecular formula is C26H34Cl2N2O3. The molecule has 0 saturated carbocycles. The first kappa shape index (κ1) is 27.0. The molecule has 1 unspecified atom stereocenters. The highest BCUT2D eigenvalue weighted by Crippen LogP contribution is 2.24. The van der Waals surface area contributed by atoms with Gasteiger partial charge >= 0.3 is 0 Å². The second-order valence-corrected chi connectivity index (χ2v) is 10.3. The van der Waals surface area contributed by atoms with Crippen molar-refractivity contribution in [3.8, 4) is 5.75 Å². The van der Waals surface area contributed by atoms with E-state index in [-0.39, 0.29) is 25.0 Å². The number of hydrogen-bond acceptors (Lipinski definition) is 3. The van der Waals surface area contributed by atoms with E-state index in [4.69, 9.17) is 27.9 Å². The Morgan fingerprint density at radius 3 is 2.18 bits per heavy atom. The average molecular weight is 493 g/mol. The zero-order valence-corrected chi connectivity index (χ0v) is 21.8. The Balaban J connectivity index is 2.24. The van der Waals surface area contributed by atoms with Crippen LogP contribution in [0, 0.1) is 0 Å². The van der Waals surface area contributed by atoms with Gasteiger partial charge in [-0.25, -0.2) is 0 Å². The van der Waals surface area contributed by atoms with Crippen molar-refractivity contribution in [1.82, 2.24) is 10.2 Å². The van der Waals surface area contributed by atoms with Crippen LogP contribution in [0.15, 0.2) is 42.5 Å². The monoisotopic (exact) mass is 492 g/mol. The molecule has 1 atom stereocenters. The molecule has 0 saturated heterocycles. The van der Waals surface area contributed by atoms with Crippen molar-refractivity contribution in [3.05, 3.63) is 63.6 Å². The Morgan fingerprint density at radius 2 is 1.67 bits per heavy atom. The number of amides is 2. The highest BCUT2D eigenvalue weighted by Gasteiger charge is 2.31. The number of benzene rings is 2. The number of nitrogens with zero attached hydrogens (tertiary/aromatic N) is 1. The predicted octanol–water partition coefficient (Wildman–Crippen LogP) is 6.22. The van der Waals surface area contributed by atoms with E-state index in [1.165, 1.54) is 5.56 Å². The molecule has 0 aliphatic carbocycles. The molecule has 0 aromatic heterocycles. The standard InChI is InChI=1S/C26H34Cl2N2O3/c1-7-23(25(32)29-26(4,5)6)30(15-18-8-13-21(27)22(28)14-18)24(31)16-33-20-11-9-19(10-12-20)17(2)3/h8-14,17,23H,7,15-16H2,1-6H3,(H,29,32). The molecule has 0 radical (unpaired) electrons. The second kappa shape index (κ2) is 11.8. The third-order valence-electron chi connectivity index (χ3n) is 5.13. The lowest BCUT2D eigenvalue weighted by atomic mass is 10.0. The lowest BCUT2D eigenvalue weighted by molar-refractivity contribution is -0.143. The van der Waals surface area contributed by atoms with Crippen molar-refractivity contribution in [2.24, 2.45) is 0 Å². The van der Waals surface area contributed by atoms with Crippen LogP contribution in [0.25, 0.3) is 0 Å². The third kappa shape index (κ3) is 8.24. The van der Waals surface area contributed by atoms with Gasteiger partial charge in [-0.15, -0.1) is 0 Å². The summed E-state index contributed by atoms with van der Waals surface area (Å²) in [6, 6.07) is 12.2. The van der Waals surface area contributed by atoms with Gasteiger partial charge < -0.3 is 15.0 Å². The van der Waals surface area contributed by atoms with Crippen LogP contribution in [0.1, 0.15) is 65.0 Å². The maximum Gasteiger partial charge on any atom is 0.261 e. The fraction of sp³-hybridized carbons (Fsp3) is 0.462. The molecule has 2 rings (SSSR count). The Hall–Kier alpha value is -2.24. The van der Waals surface area contributed by atoms with Crippen LogP contribution in [0.4, 0.5) is 0 Å². The Kier molecular flexibility index (Phi) is 9.62. The maximum absolute atomic E-state index is 13.3. The van der Waals surface area contributed by atoms with Crippen molar-refractivity contribution in [1.29, 1.82) is 0 Å². The summed E-state index contributed by atoms with van der Waals surface area (Å²) in [6.07, 6.45) is 0.456. The Morgan fingerprint density at radius 1 is 1.03 bits per heavy atom. The highest BCUT2D eigenvalue weighted by molar-refractivity contribution is 6.42. The van der Waals surface area contributed by atoms with Gasteiger partial charge in [0.1, 0.15) is 11.8 Å². The van der Waals surface area contributed by atoms with Crippen LogP contribution < -0.4 is 10.1 Å². The largest absolute Gasteiger partial charge is 0.484 e. The Labute approximate surface area is 207 Å². The fourth-order valence-corrected chi connectivity index (χ4v) is 3.70. The molecule has 180 valence electrons. The minimum absolute atomic E-state index is 0.179. The van der Waals surface area contributed by atoms with Crippen molar-refractivity contribution >= 4 is 35.0 Å². The number of hydrogen-bond donors (Lipinski definition) is 1. The fourth-order valence-electron chi connectivity index (χ4n) is 3.38. The summed E-state index contributed by atoms with van der Waals surface area (Å²) in [6.45, 7) is 11.9. The van der Waals surface area contributed by atoms with Crippen LogP contribution in [-0.4, -0.2) is 34.9 Å². The lowest BCUT2D eigenvalue weighted by Crippen LogP contribution is -2.54. The molecule has 0 aliphatic rings. The molecule has 0 fully saturated rings. The first-order valence-electron chi connectivity index (χ1n) is 11.2. The van der Waals surface area contributed by atoms with Gasteiger partial charge in [0.05, 0.1) is 10.0 Å². The van der Waals surface area contributed by atoms with E-state index < -0.39 is 11.6 Å². The number of carbonyl (C=O) groups excluding carboxylic acids is 2. The molecular weight excluding hydrogens is 459 g/mol. The first-order chi connectivity index (χ1) is 15.4. The van der Waals surface area contributed by atoms with E-state index in [0.29, 0.717) is 28.1 Å². The van der Waals surface area contributed by atoms with Crippen molar-refractivity contribution in [2.45, 2.75) is 72.0 Å². The summed E-state index contributed by atoms with van der Waals surface area (Å²) < 4.78 is 5.77. The van der Waals surface area contributed by atoms with E-state index in [1.54, 1.807) is 23.1 Å². The molecule has 0 bridgehead atoms. The highest BCUT2D eigenvalue weighted by atomic mass is 35.5. The first-order valence-corrected chi connectivity index (χ1v) is 11.9.